The van der Waals surface area contributed by atoms with Crippen molar-refractivity contribution in [2.75, 3.05) is 16.8 Å². The molecule has 3 aliphatic heterocycles. The van der Waals surface area contributed by atoms with Gasteiger partial charge in [-0.05, 0) is 35.9 Å². The zero-order chi connectivity index (χ0) is 22.5. The summed E-state index contributed by atoms with van der Waals surface area (Å²) in [6.07, 6.45) is 3.39. The molecule has 32 heavy (non-hydrogen) atoms. The van der Waals surface area contributed by atoms with Gasteiger partial charge in [-0.15, -0.1) is 0 Å². The minimum Gasteiger partial charge on any atom is -0.360 e. The number of anilines is 2. The molecular weight excluding hydrogens is 430 g/mol. The lowest BCUT2D eigenvalue weighted by Gasteiger charge is -2.23. The van der Waals surface area contributed by atoms with E-state index in [-0.39, 0.29) is 24.3 Å². The van der Waals surface area contributed by atoms with Gasteiger partial charge in [-0.25, -0.2) is 0 Å². The average Bonchev–Trinajstić information content (AvgIpc) is 3.41. The molecule has 1 spiro atoms. The predicted molar refractivity (Wildman–Crippen MR) is 120 cm³/mol. The molecule has 5 rings (SSSR count). The number of ether oxygens (including phenoxy) is 1. The lowest BCUT2D eigenvalue weighted by molar-refractivity contribution is -0.132. The Balaban J connectivity index is 1.34. The molecule has 0 aromatic heterocycles. The summed E-state index contributed by atoms with van der Waals surface area (Å²) < 4.78 is 6.17. The van der Waals surface area contributed by atoms with Gasteiger partial charge in [-0.3, -0.25) is 14.4 Å². The molecule has 0 saturated carbocycles. The van der Waals surface area contributed by atoms with Crippen LogP contribution in [0.15, 0.2) is 60.7 Å². The molecular formula is C24H22ClN3O4. The van der Waals surface area contributed by atoms with Crippen LogP contribution in [0, 0.1) is 11.8 Å². The van der Waals surface area contributed by atoms with Crippen LogP contribution in [-0.4, -0.2) is 36.0 Å². The number of rotatable bonds is 5. The van der Waals surface area contributed by atoms with E-state index in [4.69, 9.17) is 16.3 Å². The quantitative estimate of drug-likeness (QED) is 0.684. The fraction of sp³-hybridized carbons (Fsp3) is 0.292. The SMILES string of the molecule is CC(=O)Nc1ccc(N2C[C@@]34C=C[C@@H](O3)[C@H](C(=O)NCc3ccccc3Cl)[C@@H]4C2=O)cc1. The van der Waals surface area contributed by atoms with Crippen molar-refractivity contribution in [3.05, 3.63) is 71.3 Å². The van der Waals surface area contributed by atoms with E-state index in [0.29, 0.717) is 22.9 Å². The molecule has 2 fully saturated rings. The monoisotopic (exact) mass is 451 g/mol. The highest BCUT2D eigenvalue weighted by Crippen LogP contribution is 2.52. The minimum atomic E-state index is -0.801. The largest absolute Gasteiger partial charge is 0.360 e. The number of hydrogen-bond acceptors (Lipinski definition) is 4. The van der Waals surface area contributed by atoms with E-state index >= 15 is 0 Å². The van der Waals surface area contributed by atoms with E-state index in [1.807, 2.05) is 30.4 Å². The summed E-state index contributed by atoms with van der Waals surface area (Å²) in [7, 11) is 0. The van der Waals surface area contributed by atoms with Crippen LogP contribution in [-0.2, 0) is 25.7 Å². The van der Waals surface area contributed by atoms with Gasteiger partial charge in [0.15, 0.2) is 0 Å². The van der Waals surface area contributed by atoms with Crippen LogP contribution in [0.3, 0.4) is 0 Å². The van der Waals surface area contributed by atoms with Crippen LogP contribution < -0.4 is 15.5 Å². The van der Waals surface area contributed by atoms with Crippen molar-refractivity contribution in [3.8, 4) is 0 Å². The molecule has 0 aliphatic carbocycles. The molecule has 2 bridgehead atoms. The summed E-state index contributed by atoms with van der Waals surface area (Å²) in [6.45, 7) is 2.07. The van der Waals surface area contributed by atoms with Crippen LogP contribution in [0.5, 0.6) is 0 Å². The maximum atomic E-state index is 13.4. The molecule has 4 atom stereocenters. The Bertz CT molecular complexity index is 1130. The Kier molecular flexibility index (Phi) is 5.03. The number of carbonyl (C=O) groups is 3. The van der Waals surface area contributed by atoms with Gasteiger partial charge in [-0.1, -0.05) is 42.0 Å². The number of benzene rings is 2. The third kappa shape index (κ3) is 3.38. The van der Waals surface area contributed by atoms with Crippen LogP contribution in [0.2, 0.25) is 5.02 Å². The van der Waals surface area contributed by atoms with Crippen molar-refractivity contribution in [2.24, 2.45) is 11.8 Å². The first-order valence-electron chi connectivity index (χ1n) is 10.5. The fourth-order valence-corrected chi connectivity index (χ4v) is 5.09. The molecule has 0 radical (unpaired) electrons. The molecule has 0 unspecified atom stereocenters. The van der Waals surface area contributed by atoms with Crippen molar-refractivity contribution >= 4 is 40.7 Å². The Morgan fingerprint density at radius 3 is 2.66 bits per heavy atom. The predicted octanol–water partition coefficient (Wildman–Crippen LogP) is 2.90. The zero-order valence-corrected chi connectivity index (χ0v) is 18.1. The highest BCUT2D eigenvalue weighted by atomic mass is 35.5. The number of amides is 3. The van der Waals surface area contributed by atoms with Crippen molar-refractivity contribution in [3.63, 3.8) is 0 Å². The average molecular weight is 452 g/mol. The van der Waals surface area contributed by atoms with Gasteiger partial charge in [0.05, 0.1) is 24.5 Å². The molecule has 7 nitrogen and oxygen atoms in total. The first-order valence-corrected chi connectivity index (χ1v) is 10.8. The number of carbonyl (C=O) groups excluding carboxylic acids is 3. The first-order chi connectivity index (χ1) is 15.4. The second kappa shape index (κ2) is 7.76. The van der Waals surface area contributed by atoms with Gasteiger partial charge < -0.3 is 20.3 Å². The molecule has 3 heterocycles. The van der Waals surface area contributed by atoms with E-state index in [1.165, 1.54) is 6.92 Å². The van der Waals surface area contributed by atoms with Crippen LogP contribution in [0.4, 0.5) is 11.4 Å². The Morgan fingerprint density at radius 2 is 1.94 bits per heavy atom. The summed E-state index contributed by atoms with van der Waals surface area (Å²) in [5.74, 6) is -1.70. The molecule has 8 heteroatoms. The molecule has 164 valence electrons. The van der Waals surface area contributed by atoms with Crippen molar-refractivity contribution in [2.45, 2.75) is 25.2 Å². The maximum Gasteiger partial charge on any atom is 0.234 e. The number of nitrogens with zero attached hydrogens (tertiary/aromatic N) is 1. The van der Waals surface area contributed by atoms with Gasteiger partial charge in [0.2, 0.25) is 17.7 Å². The Morgan fingerprint density at radius 1 is 1.19 bits per heavy atom. The van der Waals surface area contributed by atoms with Gasteiger partial charge in [-0.2, -0.15) is 0 Å². The van der Waals surface area contributed by atoms with E-state index in [1.54, 1.807) is 35.2 Å². The van der Waals surface area contributed by atoms with Crippen molar-refractivity contribution in [1.82, 2.24) is 5.32 Å². The second-order valence-corrected chi connectivity index (χ2v) is 8.77. The smallest absolute Gasteiger partial charge is 0.234 e. The zero-order valence-electron chi connectivity index (χ0n) is 17.4. The number of fused-ring (bicyclic) bond motifs is 1. The third-order valence-electron chi connectivity index (χ3n) is 6.31. The molecule has 2 N–H and O–H groups in total. The second-order valence-electron chi connectivity index (χ2n) is 8.36. The molecule has 3 amide bonds. The van der Waals surface area contributed by atoms with Gasteiger partial charge >= 0.3 is 0 Å². The summed E-state index contributed by atoms with van der Waals surface area (Å²) in [4.78, 5) is 39.4. The first kappa shape index (κ1) is 20.7. The third-order valence-corrected chi connectivity index (χ3v) is 6.68. The van der Waals surface area contributed by atoms with E-state index in [0.717, 1.165) is 5.56 Å². The summed E-state index contributed by atoms with van der Waals surface area (Å²) >= 11 is 6.20. The normalized spacial score (nSPS) is 27.5. The van der Waals surface area contributed by atoms with Gasteiger partial charge in [0, 0.05) is 29.9 Å². The standard InChI is InChI=1S/C24H22ClN3O4/c1-14(29)27-16-6-8-17(9-7-16)28-13-24-11-10-19(32-24)20(21(24)23(28)31)22(30)26-12-15-4-2-3-5-18(15)25/h2-11,19-21H,12-13H2,1H3,(H,26,30)(H,27,29)/t19-,20+,21-,24-/m1/s1. The lowest BCUT2D eigenvalue weighted by Crippen LogP contribution is -2.44. The Labute approximate surface area is 190 Å². The van der Waals surface area contributed by atoms with E-state index < -0.39 is 23.5 Å². The van der Waals surface area contributed by atoms with E-state index in [9.17, 15) is 14.4 Å². The number of hydrogen-bond donors (Lipinski definition) is 2. The van der Waals surface area contributed by atoms with Crippen molar-refractivity contribution < 1.29 is 19.1 Å². The van der Waals surface area contributed by atoms with E-state index in [2.05, 4.69) is 10.6 Å². The number of nitrogens with one attached hydrogen (secondary N) is 2. The van der Waals surface area contributed by atoms with Crippen LogP contribution >= 0.6 is 11.6 Å². The summed E-state index contributed by atoms with van der Waals surface area (Å²) in [5.41, 5.74) is 1.36. The van der Waals surface area contributed by atoms with Crippen LogP contribution in [0.1, 0.15) is 12.5 Å². The minimum absolute atomic E-state index is 0.137. The van der Waals surface area contributed by atoms with Crippen molar-refractivity contribution in [1.29, 1.82) is 0 Å². The summed E-state index contributed by atoms with van der Waals surface area (Å²) in [5, 5.41) is 6.22. The summed E-state index contributed by atoms with van der Waals surface area (Å²) in [6, 6.07) is 14.4. The molecule has 3 aliphatic rings. The molecule has 2 aromatic carbocycles. The molecule has 2 aromatic rings. The highest BCUT2D eigenvalue weighted by Gasteiger charge is 2.67. The lowest BCUT2D eigenvalue weighted by atomic mass is 9.77. The maximum absolute atomic E-state index is 13.4. The Hall–Kier alpha value is -3.16. The number of halogens is 1. The van der Waals surface area contributed by atoms with Gasteiger partial charge in [0.1, 0.15) is 5.60 Å². The fourth-order valence-electron chi connectivity index (χ4n) is 4.89. The van der Waals surface area contributed by atoms with Crippen LogP contribution in [0.25, 0.3) is 0 Å². The van der Waals surface area contributed by atoms with Gasteiger partial charge in [0.25, 0.3) is 0 Å². The highest BCUT2D eigenvalue weighted by molar-refractivity contribution is 6.31. The molecule has 2 saturated heterocycles. The topological polar surface area (TPSA) is 87.7 Å².